The Labute approximate surface area is 77.2 Å². The van der Waals surface area contributed by atoms with Crippen LogP contribution in [0, 0.1) is 0 Å². The van der Waals surface area contributed by atoms with Crippen LogP contribution in [0.15, 0.2) is 4.99 Å². The molecule has 1 amide bonds. The van der Waals surface area contributed by atoms with Crippen molar-refractivity contribution in [2.75, 3.05) is 20.2 Å². The molecule has 0 aromatic heterocycles. The largest absolute Gasteiger partial charge is 0.450 e. The molecule has 0 aliphatic heterocycles. The summed E-state index contributed by atoms with van der Waals surface area (Å²) < 4.78 is 4.74. The summed E-state index contributed by atoms with van der Waals surface area (Å²) in [6.07, 6.45) is 3.56. The first kappa shape index (κ1) is 11.6. The van der Waals surface area contributed by atoms with E-state index in [1.165, 1.54) is 13.1 Å². The lowest BCUT2D eigenvalue weighted by Crippen LogP contribution is -2.19. The first-order chi connectivity index (χ1) is 6.31. The van der Waals surface area contributed by atoms with Crippen molar-refractivity contribution in [3.05, 3.63) is 0 Å². The number of carbonyl (C=O) groups excluding carboxylic acids is 2. The molecule has 1 N–H and O–H groups in total. The van der Waals surface area contributed by atoms with E-state index in [1.807, 2.05) is 0 Å². The molecule has 0 unspecified atom stereocenters. The van der Waals surface area contributed by atoms with Crippen molar-refractivity contribution in [2.24, 2.45) is 4.99 Å². The third kappa shape index (κ3) is 8.56. The minimum atomic E-state index is -0.411. The first-order valence-electron chi connectivity index (χ1n) is 4.19. The third-order valence-electron chi connectivity index (χ3n) is 1.42. The number of hydrogen-bond acceptors (Lipinski definition) is 4. The van der Waals surface area contributed by atoms with Crippen LogP contribution in [-0.2, 0) is 9.53 Å². The van der Waals surface area contributed by atoms with E-state index < -0.39 is 6.09 Å². The number of rotatable bonds is 6. The van der Waals surface area contributed by atoms with Gasteiger partial charge in [0.15, 0.2) is 0 Å². The van der Waals surface area contributed by atoms with Crippen molar-refractivity contribution in [3.63, 3.8) is 0 Å². The highest BCUT2D eigenvalue weighted by atomic mass is 16.5. The van der Waals surface area contributed by atoms with Gasteiger partial charge in [0, 0.05) is 7.05 Å². The molecule has 0 saturated heterocycles. The van der Waals surface area contributed by atoms with Gasteiger partial charge in [0.05, 0.1) is 13.2 Å². The van der Waals surface area contributed by atoms with Crippen LogP contribution in [0.1, 0.15) is 19.3 Å². The SMILES string of the molecule is CNC(=O)OCCCCCN=C=O. The molecule has 0 atom stereocenters. The van der Waals surface area contributed by atoms with Crippen LogP contribution < -0.4 is 5.32 Å². The van der Waals surface area contributed by atoms with Crippen LogP contribution in [0.2, 0.25) is 0 Å². The van der Waals surface area contributed by atoms with Crippen LogP contribution in [0.25, 0.3) is 0 Å². The number of unbranched alkanes of at least 4 members (excludes halogenated alkanes) is 2. The lowest BCUT2D eigenvalue weighted by molar-refractivity contribution is 0.146. The molecule has 0 rings (SSSR count). The van der Waals surface area contributed by atoms with E-state index >= 15 is 0 Å². The van der Waals surface area contributed by atoms with E-state index in [-0.39, 0.29) is 0 Å². The van der Waals surface area contributed by atoms with Crippen LogP contribution in [0.3, 0.4) is 0 Å². The molecule has 0 heterocycles. The fourth-order valence-electron chi connectivity index (χ4n) is 0.752. The summed E-state index contributed by atoms with van der Waals surface area (Å²) in [4.78, 5) is 23.6. The molecule has 74 valence electrons. The van der Waals surface area contributed by atoms with Gasteiger partial charge in [-0.25, -0.2) is 14.6 Å². The van der Waals surface area contributed by atoms with E-state index in [1.54, 1.807) is 0 Å². The van der Waals surface area contributed by atoms with Gasteiger partial charge in [-0.15, -0.1) is 0 Å². The Hall–Kier alpha value is -1.35. The minimum absolute atomic E-state index is 0.407. The Kier molecular flexibility index (Phi) is 7.84. The predicted octanol–water partition coefficient (Wildman–Crippen LogP) is 0.849. The number of amides is 1. The Morgan fingerprint density at radius 1 is 1.46 bits per heavy atom. The summed E-state index contributed by atoms with van der Waals surface area (Å²) >= 11 is 0. The number of alkyl carbamates (subject to hydrolysis) is 1. The normalized spacial score (nSPS) is 8.69. The van der Waals surface area contributed by atoms with Crippen molar-refractivity contribution in [1.82, 2.24) is 5.32 Å². The molecule has 0 fully saturated rings. The number of aliphatic imine (C=N–C) groups is 1. The van der Waals surface area contributed by atoms with Gasteiger partial charge in [-0.3, -0.25) is 0 Å². The topological polar surface area (TPSA) is 67.8 Å². The van der Waals surface area contributed by atoms with Gasteiger partial charge in [-0.2, -0.15) is 0 Å². The Morgan fingerprint density at radius 2 is 2.23 bits per heavy atom. The molecular formula is C8H14N2O3. The Balaban J connectivity index is 3.08. The highest BCUT2D eigenvalue weighted by Gasteiger charge is 1.95. The van der Waals surface area contributed by atoms with Gasteiger partial charge in [0.25, 0.3) is 0 Å². The molecule has 0 aromatic rings. The van der Waals surface area contributed by atoms with E-state index in [2.05, 4.69) is 10.3 Å². The van der Waals surface area contributed by atoms with E-state index in [0.717, 1.165) is 19.3 Å². The standard InChI is InChI=1S/C8H14N2O3/c1-9-8(12)13-6-4-2-3-5-10-7-11/h2-6H2,1H3,(H,9,12). The van der Waals surface area contributed by atoms with Gasteiger partial charge in [0.1, 0.15) is 0 Å². The molecule has 0 radical (unpaired) electrons. The summed E-state index contributed by atoms with van der Waals surface area (Å²) in [5, 5.41) is 2.35. The molecule has 0 spiro atoms. The number of nitrogens with one attached hydrogen (secondary N) is 1. The number of carbonyl (C=O) groups is 1. The van der Waals surface area contributed by atoms with Crippen molar-refractivity contribution in [2.45, 2.75) is 19.3 Å². The number of isocyanates is 1. The van der Waals surface area contributed by atoms with Gasteiger partial charge in [0.2, 0.25) is 6.08 Å². The van der Waals surface area contributed by atoms with E-state index in [0.29, 0.717) is 13.2 Å². The third-order valence-corrected chi connectivity index (χ3v) is 1.42. The Bertz CT molecular complexity index is 188. The number of nitrogens with zero attached hydrogens (tertiary/aromatic N) is 1. The smallest absolute Gasteiger partial charge is 0.406 e. The second-order valence-corrected chi connectivity index (χ2v) is 2.42. The van der Waals surface area contributed by atoms with Crippen molar-refractivity contribution >= 4 is 12.2 Å². The molecule has 0 aromatic carbocycles. The summed E-state index contributed by atoms with van der Waals surface area (Å²) in [5.74, 6) is 0. The second kappa shape index (κ2) is 8.74. The maximum absolute atomic E-state index is 10.5. The van der Waals surface area contributed by atoms with E-state index in [4.69, 9.17) is 4.74 Å². The zero-order chi connectivity index (χ0) is 9.94. The van der Waals surface area contributed by atoms with Gasteiger partial charge < -0.3 is 10.1 Å². The molecule has 0 saturated carbocycles. The van der Waals surface area contributed by atoms with Crippen molar-refractivity contribution in [1.29, 1.82) is 0 Å². The van der Waals surface area contributed by atoms with Gasteiger partial charge in [-0.1, -0.05) is 0 Å². The first-order valence-corrected chi connectivity index (χ1v) is 4.19. The minimum Gasteiger partial charge on any atom is -0.450 e. The average molecular weight is 186 g/mol. The number of ether oxygens (including phenoxy) is 1. The maximum Gasteiger partial charge on any atom is 0.406 e. The van der Waals surface area contributed by atoms with Crippen molar-refractivity contribution in [3.8, 4) is 0 Å². The Morgan fingerprint density at radius 3 is 2.85 bits per heavy atom. The summed E-state index contributed by atoms with van der Waals surface area (Å²) in [5.41, 5.74) is 0. The fraction of sp³-hybridized carbons (Fsp3) is 0.750. The number of hydrogen-bond donors (Lipinski definition) is 1. The molecule has 5 nitrogen and oxygen atoms in total. The maximum atomic E-state index is 10.5. The molecule has 0 aliphatic carbocycles. The van der Waals surface area contributed by atoms with Crippen LogP contribution >= 0.6 is 0 Å². The fourth-order valence-corrected chi connectivity index (χ4v) is 0.752. The predicted molar refractivity (Wildman–Crippen MR) is 47.2 cm³/mol. The van der Waals surface area contributed by atoms with E-state index in [9.17, 15) is 9.59 Å². The zero-order valence-corrected chi connectivity index (χ0v) is 7.71. The molecule has 13 heavy (non-hydrogen) atoms. The monoisotopic (exact) mass is 186 g/mol. The lowest BCUT2D eigenvalue weighted by atomic mass is 10.2. The molecule has 0 bridgehead atoms. The summed E-state index contributed by atoms with van der Waals surface area (Å²) in [6.45, 7) is 0.911. The lowest BCUT2D eigenvalue weighted by Gasteiger charge is -2.02. The summed E-state index contributed by atoms with van der Waals surface area (Å²) in [6, 6.07) is 0. The second-order valence-electron chi connectivity index (χ2n) is 2.42. The van der Waals surface area contributed by atoms with Crippen LogP contribution in [0.5, 0.6) is 0 Å². The van der Waals surface area contributed by atoms with Gasteiger partial charge in [-0.05, 0) is 19.3 Å². The molecule has 0 aliphatic rings. The van der Waals surface area contributed by atoms with Crippen LogP contribution in [0.4, 0.5) is 4.79 Å². The van der Waals surface area contributed by atoms with Gasteiger partial charge >= 0.3 is 6.09 Å². The molecular weight excluding hydrogens is 172 g/mol. The molecule has 5 heteroatoms. The van der Waals surface area contributed by atoms with Crippen molar-refractivity contribution < 1.29 is 14.3 Å². The quantitative estimate of drug-likeness (QED) is 0.380. The van der Waals surface area contributed by atoms with Crippen LogP contribution in [-0.4, -0.2) is 32.4 Å². The highest BCUT2D eigenvalue weighted by molar-refractivity contribution is 5.66. The average Bonchev–Trinajstić information content (AvgIpc) is 2.16. The summed E-state index contributed by atoms with van der Waals surface area (Å²) in [7, 11) is 1.52. The zero-order valence-electron chi connectivity index (χ0n) is 7.71. The highest BCUT2D eigenvalue weighted by Crippen LogP contribution is 1.95.